The molecule has 0 atom stereocenters. The van der Waals surface area contributed by atoms with Crippen LogP contribution in [0, 0.1) is 0 Å². The largest absolute Gasteiger partial charge is 0.493 e. The summed E-state index contributed by atoms with van der Waals surface area (Å²) in [5.74, 6) is 2.39. The number of amides is 1. The van der Waals surface area contributed by atoms with Crippen molar-refractivity contribution >= 4 is 23.4 Å². The Balaban J connectivity index is 1.63. The molecule has 4 aromatic rings. The van der Waals surface area contributed by atoms with Gasteiger partial charge in [-0.25, -0.2) is 5.43 Å². The summed E-state index contributed by atoms with van der Waals surface area (Å²) in [6.07, 6.45) is 1.55. The van der Waals surface area contributed by atoms with Crippen molar-refractivity contribution in [2.24, 2.45) is 5.10 Å². The number of methoxy groups -OCH3 is 3. The normalized spacial score (nSPS) is 11.3. The lowest BCUT2D eigenvalue weighted by Crippen LogP contribution is -2.21. The summed E-state index contributed by atoms with van der Waals surface area (Å²) in [6, 6.07) is 16.8. The van der Waals surface area contributed by atoms with E-state index >= 15 is 0 Å². The minimum absolute atomic E-state index is 0.0785. The summed E-state index contributed by atoms with van der Waals surface area (Å²) in [4.78, 5) is 12.5. The van der Waals surface area contributed by atoms with Crippen molar-refractivity contribution in [2.75, 3.05) is 27.1 Å². The van der Waals surface area contributed by atoms with E-state index in [9.17, 15) is 4.79 Å². The average Bonchev–Trinajstić information content (AvgIpc) is 3.61. The van der Waals surface area contributed by atoms with Gasteiger partial charge in [0.05, 0.1) is 33.3 Å². The molecule has 0 radical (unpaired) electrons. The molecule has 0 unspecified atom stereocenters. The van der Waals surface area contributed by atoms with Gasteiger partial charge in [-0.2, -0.15) is 5.10 Å². The number of thioether (sulfide) groups is 1. The molecule has 0 bridgehead atoms. The second-order valence-electron chi connectivity index (χ2n) is 7.39. The lowest BCUT2D eigenvalue weighted by molar-refractivity contribution is -0.118. The van der Waals surface area contributed by atoms with Gasteiger partial charge in [0.15, 0.2) is 22.5 Å². The number of furan rings is 1. The van der Waals surface area contributed by atoms with Crippen LogP contribution in [0.15, 0.2) is 75.5 Å². The fraction of sp³-hybridized carbons (Fsp3) is 0.200. The zero-order valence-electron chi connectivity index (χ0n) is 20.2. The van der Waals surface area contributed by atoms with Gasteiger partial charge in [-0.3, -0.25) is 9.36 Å². The summed E-state index contributed by atoms with van der Waals surface area (Å²) in [5.41, 5.74) is 4.65. The molecule has 2 aromatic heterocycles. The van der Waals surface area contributed by atoms with Crippen LogP contribution in [0.4, 0.5) is 0 Å². The molecule has 10 nitrogen and oxygen atoms in total. The van der Waals surface area contributed by atoms with Gasteiger partial charge in [0.1, 0.15) is 11.5 Å². The number of rotatable bonds is 10. The number of carbonyl (C=O) groups excluding carboxylic acids is 1. The van der Waals surface area contributed by atoms with Crippen molar-refractivity contribution in [3.05, 3.63) is 66.6 Å². The highest BCUT2D eigenvalue weighted by Gasteiger charge is 2.21. The van der Waals surface area contributed by atoms with Gasteiger partial charge in [-0.05, 0) is 43.3 Å². The van der Waals surface area contributed by atoms with Crippen LogP contribution in [0.25, 0.3) is 17.1 Å². The Morgan fingerprint density at radius 1 is 1.03 bits per heavy atom. The van der Waals surface area contributed by atoms with Crippen molar-refractivity contribution in [3.63, 3.8) is 0 Å². The lowest BCUT2D eigenvalue weighted by Gasteiger charge is -2.15. The minimum atomic E-state index is -0.289. The van der Waals surface area contributed by atoms with E-state index in [-0.39, 0.29) is 11.7 Å². The van der Waals surface area contributed by atoms with E-state index < -0.39 is 0 Å². The van der Waals surface area contributed by atoms with E-state index in [0.717, 1.165) is 5.69 Å². The first-order valence-electron chi connectivity index (χ1n) is 10.9. The number of para-hydroxylation sites is 1. The third-order valence-corrected chi connectivity index (χ3v) is 6.06. The molecule has 2 aromatic carbocycles. The summed E-state index contributed by atoms with van der Waals surface area (Å²) >= 11 is 1.24. The fourth-order valence-electron chi connectivity index (χ4n) is 3.42. The Bertz CT molecular complexity index is 1330. The molecule has 36 heavy (non-hydrogen) atoms. The monoisotopic (exact) mass is 507 g/mol. The number of nitrogens with one attached hydrogen (secondary N) is 1. The molecule has 1 N–H and O–H groups in total. The van der Waals surface area contributed by atoms with Gasteiger partial charge >= 0.3 is 0 Å². The number of aromatic nitrogens is 3. The van der Waals surface area contributed by atoms with Crippen LogP contribution in [-0.4, -0.2) is 53.5 Å². The van der Waals surface area contributed by atoms with E-state index in [4.69, 9.17) is 18.6 Å². The number of carbonyl (C=O) groups is 1. The predicted octanol–water partition coefficient (Wildman–Crippen LogP) is 4.19. The molecule has 4 rings (SSSR count). The van der Waals surface area contributed by atoms with Crippen molar-refractivity contribution in [1.82, 2.24) is 20.2 Å². The molecule has 2 heterocycles. The summed E-state index contributed by atoms with van der Waals surface area (Å²) in [5, 5.41) is 13.4. The standard InChI is InChI=1S/C25H25N5O5S/c1-16(19-11-8-12-35-19)26-27-22(31)15-36-25-29-28-24(30(25)18-9-6-5-7-10-18)17-13-20(32-2)23(34-4)21(14-17)33-3/h5-14H,15H2,1-4H3,(H,27,31)/b26-16-. The molecular formula is C25H25N5O5S. The van der Waals surface area contributed by atoms with Crippen molar-refractivity contribution in [1.29, 1.82) is 0 Å². The van der Waals surface area contributed by atoms with Crippen LogP contribution >= 0.6 is 11.8 Å². The molecule has 0 spiro atoms. The van der Waals surface area contributed by atoms with Crippen LogP contribution in [0.3, 0.4) is 0 Å². The molecular weight excluding hydrogens is 482 g/mol. The maximum Gasteiger partial charge on any atom is 0.250 e. The first-order chi connectivity index (χ1) is 17.5. The topological polar surface area (TPSA) is 113 Å². The summed E-state index contributed by atoms with van der Waals surface area (Å²) in [7, 11) is 4.66. The summed E-state index contributed by atoms with van der Waals surface area (Å²) < 4.78 is 23.6. The molecule has 0 aliphatic rings. The number of hydrogen-bond acceptors (Lipinski definition) is 9. The Hall–Kier alpha value is -4.25. The fourth-order valence-corrected chi connectivity index (χ4v) is 4.16. The molecule has 0 saturated carbocycles. The van der Waals surface area contributed by atoms with Crippen LogP contribution in [0.5, 0.6) is 17.2 Å². The molecule has 0 saturated heterocycles. The second-order valence-corrected chi connectivity index (χ2v) is 8.33. The molecule has 0 fully saturated rings. The van der Waals surface area contributed by atoms with E-state index in [1.807, 2.05) is 34.9 Å². The van der Waals surface area contributed by atoms with Crippen LogP contribution < -0.4 is 19.6 Å². The molecule has 1 amide bonds. The van der Waals surface area contributed by atoms with Crippen molar-refractivity contribution < 1.29 is 23.4 Å². The zero-order valence-corrected chi connectivity index (χ0v) is 21.0. The smallest absolute Gasteiger partial charge is 0.250 e. The SMILES string of the molecule is COc1cc(-c2nnc(SCC(=O)N/N=C(/C)c3ccco3)n2-c2ccccc2)cc(OC)c1OC. The quantitative estimate of drug-likeness (QED) is 0.193. The summed E-state index contributed by atoms with van der Waals surface area (Å²) in [6.45, 7) is 1.75. The number of nitrogens with zero attached hydrogens (tertiary/aromatic N) is 4. The zero-order chi connectivity index (χ0) is 25.5. The number of benzene rings is 2. The number of ether oxygens (including phenoxy) is 3. The van der Waals surface area contributed by atoms with E-state index in [2.05, 4.69) is 20.7 Å². The predicted molar refractivity (Wildman–Crippen MR) is 136 cm³/mol. The van der Waals surface area contributed by atoms with Gasteiger partial charge in [0, 0.05) is 11.3 Å². The highest BCUT2D eigenvalue weighted by molar-refractivity contribution is 7.99. The van der Waals surface area contributed by atoms with Gasteiger partial charge in [0.2, 0.25) is 5.75 Å². The molecule has 11 heteroatoms. The molecule has 186 valence electrons. The minimum Gasteiger partial charge on any atom is -0.493 e. The van der Waals surface area contributed by atoms with Crippen LogP contribution in [0.1, 0.15) is 12.7 Å². The Morgan fingerprint density at radius 3 is 2.36 bits per heavy atom. The molecule has 0 aliphatic carbocycles. The Kier molecular flexibility index (Phi) is 7.91. The second kappa shape index (κ2) is 11.5. The van der Waals surface area contributed by atoms with Gasteiger partial charge in [0.25, 0.3) is 5.91 Å². The molecule has 0 aliphatic heterocycles. The third kappa shape index (κ3) is 5.36. The maximum atomic E-state index is 12.5. The maximum absolute atomic E-state index is 12.5. The van der Waals surface area contributed by atoms with Gasteiger partial charge in [-0.1, -0.05) is 30.0 Å². The van der Waals surface area contributed by atoms with Gasteiger partial charge in [-0.15, -0.1) is 10.2 Å². The van der Waals surface area contributed by atoms with Crippen LogP contribution in [-0.2, 0) is 4.79 Å². The Morgan fingerprint density at radius 2 is 1.75 bits per heavy atom. The van der Waals surface area contributed by atoms with E-state index in [1.165, 1.54) is 11.8 Å². The number of hydrazone groups is 1. The van der Waals surface area contributed by atoms with Crippen molar-refractivity contribution in [2.45, 2.75) is 12.1 Å². The van der Waals surface area contributed by atoms with E-state index in [0.29, 0.717) is 45.3 Å². The van der Waals surface area contributed by atoms with E-state index in [1.54, 1.807) is 58.8 Å². The van der Waals surface area contributed by atoms with Gasteiger partial charge < -0.3 is 18.6 Å². The average molecular weight is 508 g/mol. The van der Waals surface area contributed by atoms with Crippen LogP contribution in [0.2, 0.25) is 0 Å². The Labute approximate surface area is 212 Å². The third-order valence-electron chi connectivity index (χ3n) is 5.13. The highest BCUT2D eigenvalue weighted by Crippen LogP contribution is 2.41. The van der Waals surface area contributed by atoms with Crippen molar-refractivity contribution in [3.8, 4) is 34.3 Å². The first-order valence-corrected chi connectivity index (χ1v) is 11.8. The first kappa shape index (κ1) is 24.9. The number of hydrogen-bond donors (Lipinski definition) is 1. The highest BCUT2D eigenvalue weighted by atomic mass is 32.2. The lowest BCUT2D eigenvalue weighted by atomic mass is 10.1.